The molecule has 0 radical (unpaired) electrons. The number of anilines is 1. The topological polar surface area (TPSA) is 105 Å². The predicted molar refractivity (Wildman–Crippen MR) is 127 cm³/mol. The Morgan fingerprint density at radius 2 is 2.16 bits per heavy atom. The van der Waals surface area contributed by atoms with Crippen LogP contribution in [0.4, 0.5) is 22.1 Å². The van der Waals surface area contributed by atoms with Gasteiger partial charge in [0.05, 0.1) is 36.7 Å². The molecule has 1 unspecified atom stereocenters. The summed E-state index contributed by atoms with van der Waals surface area (Å²) in [5, 5.41) is 17.7. The Hall–Kier alpha value is -2.73. The Kier molecular flexibility index (Phi) is 7.20. The Morgan fingerprint density at radius 1 is 1.31 bits per heavy atom. The molecule has 1 atom stereocenters. The number of carbonyl (C=O) groups is 1. The lowest BCUT2D eigenvalue weighted by Gasteiger charge is -2.30. The summed E-state index contributed by atoms with van der Waals surface area (Å²) in [6, 6.07) is 5.44. The third kappa shape index (κ3) is 5.01. The Bertz CT molecular complexity index is 1010. The van der Waals surface area contributed by atoms with E-state index >= 15 is 0 Å². The molecule has 0 aliphatic carbocycles. The second-order valence-electron chi connectivity index (χ2n) is 7.11. The van der Waals surface area contributed by atoms with Gasteiger partial charge in [-0.05, 0) is 23.9 Å². The smallest absolute Gasteiger partial charge is 0.314 e. The highest BCUT2D eigenvalue weighted by Crippen LogP contribution is 2.35. The lowest BCUT2D eigenvalue weighted by molar-refractivity contribution is 0.122. The first-order valence-corrected chi connectivity index (χ1v) is 11.4. The molecule has 12 heteroatoms. The average Bonchev–Trinajstić information content (AvgIpc) is 3.23. The number of ether oxygens (including phenoxy) is 1. The molecule has 4 rings (SSSR count). The van der Waals surface area contributed by atoms with Gasteiger partial charge >= 0.3 is 6.03 Å². The largest absolute Gasteiger partial charge is 0.378 e. The first-order chi connectivity index (χ1) is 15.6. The van der Waals surface area contributed by atoms with Crippen molar-refractivity contribution in [3.63, 3.8) is 0 Å². The molecule has 1 saturated heterocycles. The number of quaternary nitrogens is 1. The van der Waals surface area contributed by atoms with Crippen molar-refractivity contribution >= 4 is 51.9 Å². The maximum Gasteiger partial charge on any atom is 0.314 e. The van der Waals surface area contributed by atoms with E-state index in [-0.39, 0.29) is 10.5 Å². The molecule has 2 aromatic heterocycles. The van der Waals surface area contributed by atoms with Crippen molar-refractivity contribution in [2.24, 2.45) is 4.99 Å². The fraction of sp³-hybridized carbons (Fsp3) is 0.350. The van der Waals surface area contributed by atoms with Crippen molar-refractivity contribution in [3.8, 4) is 0 Å². The highest BCUT2D eigenvalue weighted by Gasteiger charge is 2.41. The van der Waals surface area contributed by atoms with E-state index in [9.17, 15) is 4.79 Å². The maximum absolute atomic E-state index is 11.7. The number of amides is 2. The van der Waals surface area contributed by atoms with Gasteiger partial charge in [0.15, 0.2) is 5.82 Å². The van der Waals surface area contributed by atoms with Gasteiger partial charge in [0, 0.05) is 37.8 Å². The minimum Gasteiger partial charge on any atom is -0.378 e. The van der Waals surface area contributed by atoms with E-state index in [0.29, 0.717) is 42.8 Å². The predicted octanol–water partition coefficient (Wildman–Crippen LogP) is 2.50. The van der Waals surface area contributed by atoms with Gasteiger partial charge in [0.1, 0.15) is 12.7 Å². The van der Waals surface area contributed by atoms with Gasteiger partial charge in [-0.15, -0.1) is 5.10 Å². The first-order valence-electron chi connectivity index (χ1n) is 10.2. The normalized spacial score (nSPS) is 21.7. The third-order valence-corrected chi connectivity index (χ3v) is 6.20. The number of rotatable bonds is 6. The van der Waals surface area contributed by atoms with Crippen LogP contribution in [0, 0.1) is 0 Å². The molecule has 168 valence electrons. The monoisotopic (exact) mass is 475 g/mol. The zero-order valence-electron chi connectivity index (χ0n) is 17.6. The van der Waals surface area contributed by atoms with Crippen LogP contribution < -0.4 is 20.0 Å². The number of nitrogens with zero attached hydrogens (tertiary/aromatic N) is 6. The SMILES string of the molecule is CNC(=O)NCC[N+]1(c2ccc(N3CCOCC3)nn2)C=CSC1=Nc1cncc(Cl)c1. The minimum absolute atomic E-state index is 0.220. The quantitative estimate of drug-likeness (QED) is 0.618. The van der Waals surface area contributed by atoms with Crippen LogP contribution in [-0.4, -0.2) is 72.8 Å². The molecule has 0 bridgehead atoms. The molecule has 2 aliphatic heterocycles. The van der Waals surface area contributed by atoms with E-state index in [2.05, 4.69) is 30.7 Å². The molecule has 4 heterocycles. The standard InChI is InChI=1S/C20H23ClN8O2S/c1-22-19(30)24-4-7-29(8-11-32-20(29)25-16-12-15(21)13-23-14-16)18-3-2-17(26-27-18)28-5-9-31-10-6-28/h2-3,8,11-14H,4-7,9-10H2,1H3,(H-,22,24,30)/p+1. The van der Waals surface area contributed by atoms with E-state index in [1.807, 2.05) is 23.7 Å². The van der Waals surface area contributed by atoms with E-state index in [1.165, 1.54) is 11.8 Å². The second-order valence-corrected chi connectivity index (χ2v) is 8.42. The number of hydrogen-bond acceptors (Lipinski definition) is 8. The molecule has 10 nitrogen and oxygen atoms in total. The van der Waals surface area contributed by atoms with Gasteiger partial charge in [-0.25, -0.2) is 4.79 Å². The Labute approximate surface area is 195 Å². The summed E-state index contributed by atoms with van der Waals surface area (Å²) in [5.74, 6) is 1.52. The number of amidine groups is 1. The first kappa shape index (κ1) is 22.5. The van der Waals surface area contributed by atoms with Crippen molar-refractivity contribution in [2.45, 2.75) is 0 Å². The number of aromatic nitrogens is 3. The summed E-state index contributed by atoms with van der Waals surface area (Å²) in [4.78, 5) is 22.8. The minimum atomic E-state index is -0.245. The van der Waals surface area contributed by atoms with Gasteiger partial charge in [0.25, 0.3) is 11.0 Å². The van der Waals surface area contributed by atoms with E-state index < -0.39 is 0 Å². The lowest BCUT2D eigenvalue weighted by Crippen LogP contribution is -2.51. The number of thioether (sulfide) groups is 1. The molecular weight excluding hydrogens is 452 g/mol. The third-order valence-electron chi connectivity index (χ3n) is 5.10. The molecule has 2 aliphatic rings. The number of aliphatic imine (C=N–C) groups is 1. The lowest BCUT2D eigenvalue weighted by atomic mass is 10.3. The van der Waals surface area contributed by atoms with Crippen LogP contribution in [0.15, 0.2) is 47.2 Å². The van der Waals surface area contributed by atoms with Crippen LogP contribution in [-0.2, 0) is 4.74 Å². The number of morpholine rings is 1. The van der Waals surface area contributed by atoms with Gasteiger partial charge in [-0.2, -0.15) is 9.48 Å². The fourth-order valence-electron chi connectivity index (χ4n) is 3.43. The summed E-state index contributed by atoms with van der Waals surface area (Å²) < 4.78 is 5.64. The van der Waals surface area contributed by atoms with Crippen molar-refractivity contribution in [3.05, 3.63) is 47.2 Å². The van der Waals surface area contributed by atoms with Crippen molar-refractivity contribution < 1.29 is 9.53 Å². The highest BCUT2D eigenvalue weighted by atomic mass is 35.5. The number of urea groups is 1. The molecule has 32 heavy (non-hydrogen) atoms. The molecule has 0 saturated carbocycles. The van der Waals surface area contributed by atoms with Crippen LogP contribution >= 0.6 is 23.4 Å². The molecule has 0 spiro atoms. The van der Waals surface area contributed by atoms with Crippen LogP contribution in [0.3, 0.4) is 0 Å². The zero-order chi connectivity index (χ0) is 22.4. The van der Waals surface area contributed by atoms with Crippen LogP contribution in [0.25, 0.3) is 0 Å². The van der Waals surface area contributed by atoms with Crippen molar-refractivity contribution in [2.75, 3.05) is 51.3 Å². The number of hydrogen-bond donors (Lipinski definition) is 2. The van der Waals surface area contributed by atoms with Crippen LogP contribution in [0.1, 0.15) is 0 Å². The molecular formula is C20H24ClN8O2S+. The number of halogens is 1. The summed E-state index contributed by atoms with van der Waals surface area (Å²) in [5.41, 5.74) is 0.642. The molecule has 2 amide bonds. The van der Waals surface area contributed by atoms with E-state index in [1.54, 1.807) is 25.5 Å². The second kappa shape index (κ2) is 10.3. The van der Waals surface area contributed by atoms with Gasteiger partial charge < -0.3 is 20.3 Å². The molecule has 0 aromatic carbocycles. The summed E-state index contributed by atoms with van der Waals surface area (Å²) >= 11 is 7.58. The van der Waals surface area contributed by atoms with E-state index in [4.69, 9.17) is 21.3 Å². The molecule has 1 fully saturated rings. The van der Waals surface area contributed by atoms with Crippen molar-refractivity contribution in [1.82, 2.24) is 30.3 Å². The van der Waals surface area contributed by atoms with Crippen LogP contribution in [0.5, 0.6) is 0 Å². The van der Waals surface area contributed by atoms with E-state index in [0.717, 1.165) is 24.1 Å². The maximum atomic E-state index is 11.7. The summed E-state index contributed by atoms with van der Waals surface area (Å²) in [6.07, 6.45) is 5.23. The zero-order valence-corrected chi connectivity index (χ0v) is 19.1. The highest BCUT2D eigenvalue weighted by molar-refractivity contribution is 8.16. The fourth-order valence-corrected chi connectivity index (χ4v) is 4.58. The van der Waals surface area contributed by atoms with Gasteiger partial charge in [0.2, 0.25) is 0 Å². The summed E-state index contributed by atoms with van der Waals surface area (Å²) in [7, 11) is 1.58. The number of nitrogens with one attached hydrogen (secondary N) is 2. The average molecular weight is 476 g/mol. The summed E-state index contributed by atoms with van der Waals surface area (Å²) in [6.45, 7) is 3.85. The Balaban J connectivity index is 1.65. The van der Waals surface area contributed by atoms with Gasteiger partial charge in [-0.1, -0.05) is 16.7 Å². The van der Waals surface area contributed by atoms with Crippen molar-refractivity contribution in [1.29, 1.82) is 0 Å². The van der Waals surface area contributed by atoms with Crippen LogP contribution in [0.2, 0.25) is 5.02 Å². The molecule has 2 aromatic rings. The number of carbonyl (C=O) groups excluding carboxylic acids is 1. The van der Waals surface area contributed by atoms with Gasteiger partial charge in [-0.3, -0.25) is 4.98 Å². The number of pyridine rings is 1. The molecule has 2 N–H and O–H groups in total. The Morgan fingerprint density at radius 3 is 2.88 bits per heavy atom.